The third-order valence-electron chi connectivity index (χ3n) is 4.38. The zero-order valence-electron chi connectivity index (χ0n) is 16.3. The lowest BCUT2D eigenvalue weighted by atomic mass is 10.2. The van der Waals surface area contributed by atoms with E-state index in [1.165, 1.54) is 7.11 Å². The summed E-state index contributed by atoms with van der Waals surface area (Å²) in [7, 11) is 2.49. The van der Waals surface area contributed by atoms with Crippen LogP contribution in [0.5, 0.6) is 17.2 Å². The number of alkyl halides is 2. The number of aromatic nitrogens is 2. The zero-order chi connectivity index (χ0) is 22.2. The summed E-state index contributed by atoms with van der Waals surface area (Å²) in [5.41, 5.74) is 2.15. The Balaban J connectivity index is 2.19. The first kappa shape index (κ1) is 21.0. The highest BCUT2D eigenvalue weighted by atomic mass is 19.3. The van der Waals surface area contributed by atoms with Crippen molar-refractivity contribution in [2.45, 2.75) is 12.8 Å². The lowest BCUT2D eigenvalue weighted by Crippen LogP contribution is -2.41. The molecule has 0 aliphatic rings. The van der Waals surface area contributed by atoms with Gasteiger partial charge in [0.1, 0.15) is 5.82 Å². The number of anilines is 1. The molecule has 0 radical (unpaired) electrons. The molecule has 2 aromatic carbocycles. The Morgan fingerprint density at radius 1 is 1.03 bits per heavy atom. The van der Waals surface area contributed by atoms with Gasteiger partial charge in [0.25, 0.3) is 11.5 Å². The van der Waals surface area contributed by atoms with Gasteiger partial charge in [-0.1, -0.05) is 12.1 Å². The Morgan fingerprint density at radius 3 is 2.27 bits per heavy atom. The molecule has 3 aromatic rings. The predicted molar refractivity (Wildman–Crippen MR) is 104 cm³/mol. The lowest BCUT2D eigenvalue weighted by Gasteiger charge is -2.17. The van der Waals surface area contributed by atoms with Crippen molar-refractivity contribution in [3.8, 4) is 22.9 Å². The smallest absolute Gasteiger partial charge is 0.335 e. The number of rotatable bonds is 5. The van der Waals surface area contributed by atoms with Crippen LogP contribution >= 0.6 is 0 Å². The molecule has 158 valence electrons. The number of nitrogen functional groups attached to an aromatic ring is 1. The Morgan fingerprint density at radius 2 is 1.67 bits per heavy atom. The number of hydrogen-bond acceptors (Lipinski definition) is 5. The Labute approximate surface area is 168 Å². The Kier molecular flexibility index (Phi) is 5.34. The van der Waals surface area contributed by atoms with Crippen LogP contribution in [-0.2, 0) is 13.0 Å². The fourth-order valence-corrected chi connectivity index (χ4v) is 2.91. The van der Waals surface area contributed by atoms with Crippen molar-refractivity contribution in [1.29, 1.82) is 0 Å². The van der Waals surface area contributed by atoms with Gasteiger partial charge in [-0.25, -0.2) is 22.5 Å². The molecule has 2 N–H and O–H groups in total. The third-order valence-corrected chi connectivity index (χ3v) is 4.38. The largest absolute Gasteiger partial charge is 0.493 e. The van der Waals surface area contributed by atoms with Crippen LogP contribution in [0, 0.1) is 5.82 Å². The maximum absolute atomic E-state index is 14.6. The maximum atomic E-state index is 14.6. The summed E-state index contributed by atoms with van der Waals surface area (Å²) >= 11 is 0. The van der Waals surface area contributed by atoms with Crippen molar-refractivity contribution in [3.05, 3.63) is 74.8 Å². The van der Waals surface area contributed by atoms with Gasteiger partial charge in [-0.05, 0) is 12.1 Å². The van der Waals surface area contributed by atoms with Gasteiger partial charge in [-0.3, -0.25) is 9.36 Å². The van der Waals surface area contributed by atoms with Crippen LogP contribution in [0.3, 0.4) is 0 Å². The quantitative estimate of drug-likeness (QED) is 0.640. The fourth-order valence-electron chi connectivity index (χ4n) is 2.91. The van der Waals surface area contributed by atoms with E-state index in [9.17, 15) is 22.8 Å². The molecule has 1 heterocycles. The van der Waals surface area contributed by atoms with Crippen LogP contribution in [-0.4, -0.2) is 16.2 Å². The molecule has 0 fully saturated rings. The average Bonchev–Trinajstić information content (AvgIpc) is 2.67. The molecule has 0 aliphatic heterocycles. The predicted octanol–water partition coefficient (Wildman–Crippen LogP) is 3.17. The van der Waals surface area contributed by atoms with E-state index in [2.05, 4.69) is 0 Å². The van der Waals surface area contributed by atoms with Crippen molar-refractivity contribution < 1.29 is 22.6 Å². The Bertz CT molecular complexity index is 1230. The van der Waals surface area contributed by atoms with Gasteiger partial charge in [0.15, 0.2) is 17.2 Å². The van der Waals surface area contributed by atoms with E-state index < -0.39 is 34.4 Å². The summed E-state index contributed by atoms with van der Waals surface area (Å²) in [6, 6.07) is 9.07. The highest BCUT2D eigenvalue weighted by Crippen LogP contribution is 2.35. The second kappa shape index (κ2) is 7.62. The third kappa shape index (κ3) is 3.76. The van der Waals surface area contributed by atoms with Crippen molar-refractivity contribution >= 4 is 5.69 Å². The van der Waals surface area contributed by atoms with Crippen molar-refractivity contribution in [1.82, 2.24) is 9.13 Å². The standard InChI is InChI=1S/C20H18F3N3O4/c1-20(22,23)17-10-18(27)26(19(28)25(17)2)13-9-16(12(24)8-11(13)21)30-15-7-5-4-6-14(15)29-3/h4-10H,24H2,1-3H3. The summed E-state index contributed by atoms with van der Waals surface area (Å²) in [6.07, 6.45) is 0. The molecule has 0 atom stereocenters. The molecule has 0 saturated carbocycles. The van der Waals surface area contributed by atoms with E-state index in [-0.39, 0.29) is 17.2 Å². The number of para-hydroxylation sites is 2. The van der Waals surface area contributed by atoms with Crippen molar-refractivity contribution in [2.75, 3.05) is 12.8 Å². The van der Waals surface area contributed by atoms with Crippen molar-refractivity contribution in [3.63, 3.8) is 0 Å². The van der Waals surface area contributed by atoms with Crippen LogP contribution in [0.4, 0.5) is 18.9 Å². The molecule has 1 aromatic heterocycles. The maximum Gasteiger partial charge on any atom is 0.335 e. The van der Waals surface area contributed by atoms with Gasteiger partial charge >= 0.3 is 5.69 Å². The van der Waals surface area contributed by atoms with E-state index >= 15 is 0 Å². The number of nitrogens with zero attached hydrogens (tertiary/aromatic N) is 2. The van der Waals surface area contributed by atoms with Gasteiger partial charge in [0, 0.05) is 32.2 Å². The molecule has 0 saturated heterocycles. The number of nitrogens with two attached hydrogens (primary N) is 1. The topological polar surface area (TPSA) is 88.5 Å². The van der Waals surface area contributed by atoms with E-state index in [0.29, 0.717) is 27.9 Å². The lowest BCUT2D eigenvalue weighted by molar-refractivity contribution is 0.00825. The molecule has 30 heavy (non-hydrogen) atoms. The summed E-state index contributed by atoms with van der Waals surface area (Å²) < 4.78 is 53.9. The molecule has 0 bridgehead atoms. The highest BCUT2D eigenvalue weighted by Gasteiger charge is 2.30. The van der Waals surface area contributed by atoms with E-state index in [4.69, 9.17) is 15.2 Å². The molecular formula is C20H18F3N3O4. The van der Waals surface area contributed by atoms with E-state index in [1.54, 1.807) is 24.3 Å². The molecule has 7 nitrogen and oxygen atoms in total. The van der Waals surface area contributed by atoms with Gasteiger partial charge in [0.05, 0.1) is 24.2 Å². The van der Waals surface area contributed by atoms with Crippen LogP contribution in [0.25, 0.3) is 5.69 Å². The number of methoxy groups -OCH3 is 1. The second-order valence-electron chi connectivity index (χ2n) is 6.53. The summed E-state index contributed by atoms with van der Waals surface area (Å²) in [6.45, 7) is 0.550. The number of hydrogen-bond donors (Lipinski definition) is 1. The minimum Gasteiger partial charge on any atom is -0.493 e. The summed E-state index contributed by atoms with van der Waals surface area (Å²) in [4.78, 5) is 25.0. The molecule has 3 rings (SSSR count). The number of ether oxygens (including phenoxy) is 2. The van der Waals surface area contributed by atoms with E-state index in [1.807, 2.05) is 0 Å². The SMILES string of the molecule is COc1ccccc1Oc1cc(-n2c(=O)cc(C(C)(F)F)n(C)c2=O)c(F)cc1N. The summed E-state index contributed by atoms with van der Waals surface area (Å²) in [5, 5.41) is 0. The van der Waals surface area contributed by atoms with Gasteiger partial charge in [-0.15, -0.1) is 0 Å². The Hall–Kier alpha value is -3.69. The van der Waals surface area contributed by atoms with Gasteiger partial charge in [-0.2, -0.15) is 0 Å². The highest BCUT2D eigenvalue weighted by molar-refractivity contribution is 5.60. The molecule has 0 amide bonds. The van der Waals surface area contributed by atoms with Crippen LogP contribution in [0.2, 0.25) is 0 Å². The first-order chi connectivity index (χ1) is 14.0. The van der Waals surface area contributed by atoms with Gasteiger partial charge in [0.2, 0.25) is 0 Å². The van der Waals surface area contributed by atoms with Crippen LogP contribution in [0.15, 0.2) is 52.1 Å². The monoisotopic (exact) mass is 421 g/mol. The van der Waals surface area contributed by atoms with Crippen LogP contribution in [0.1, 0.15) is 12.6 Å². The zero-order valence-corrected chi connectivity index (χ0v) is 16.3. The average molecular weight is 421 g/mol. The first-order valence-electron chi connectivity index (χ1n) is 8.66. The molecule has 0 unspecified atom stereocenters. The minimum atomic E-state index is -3.44. The van der Waals surface area contributed by atoms with Gasteiger partial charge < -0.3 is 15.2 Å². The summed E-state index contributed by atoms with van der Waals surface area (Å²) in [5.74, 6) is -3.88. The van der Waals surface area contributed by atoms with Crippen molar-refractivity contribution in [2.24, 2.45) is 7.05 Å². The number of halogens is 3. The second-order valence-corrected chi connectivity index (χ2v) is 6.53. The first-order valence-corrected chi connectivity index (χ1v) is 8.66. The number of benzene rings is 2. The normalized spacial score (nSPS) is 11.4. The molecular weight excluding hydrogens is 403 g/mol. The molecule has 0 aliphatic carbocycles. The fraction of sp³-hybridized carbons (Fsp3) is 0.200. The molecule has 10 heteroatoms. The minimum absolute atomic E-state index is 0.0604. The molecule has 0 spiro atoms. The van der Waals surface area contributed by atoms with Crippen LogP contribution < -0.4 is 26.5 Å². The van der Waals surface area contributed by atoms with E-state index in [0.717, 1.165) is 19.2 Å².